The molecule has 18 heavy (non-hydrogen) atoms. The van der Waals surface area contributed by atoms with E-state index in [0.717, 1.165) is 18.0 Å². The molecule has 1 aromatic heterocycles. The normalized spacial score (nSPS) is 11.8. The molecule has 1 rings (SSSR count). The van der Waals surface area contributed by atoms with Crippen LogP contribution in [0, 0.1) is 0 Å². The van der Waals surface area contributed by atoms with Gasteiger partial charge in [-0.3, -0.25) is 0 Å². The van der Waals surface area contributed by atoms with Crippen LogP contribution in [0.5, 0.6) is 5.19 Å². The minimum Gasteiger partial charge on any atom is -0.469 e. The summed E-state index contributed by atoms with van der Waals surface area (Å²) in [5.41, 5.74) is 0. The molecule has 0 aliphatic carbocycles. The smallest absolute Gasteiger partial charge is 0.389 e. The molecule has 8 heteroatoms. The molecule has 1 aromatic rings. The first kappa shape index (κ1) is 15.2. The van der Waals surface area contributed by atoms with E-state index in [-0.39, 0.29) is 13.0 Å². The van der Waals surface area contributed by atoms with Crippen molar-refractivity contribution in [3.8, 4) is 5.19 Å². The molecule has 1 heterocycles. The standard InChI is InChI=1S/C10H16F3N3OS/c1-2-5-14-7-8-15-16-9(18-8)17-6-3-4-10(11,12)13/h14H,2-7H2,1H3. The van der Waals surface area contributed by atoms with Crippen LogP contribution in [0.2, 0.25) is 0 Å². The molecule has 0 atom stereocenters. The summed E-state index contributed by atoms with van der Waals surface area (Å²) in [4.78, 5) is 0. The number of rotatable bonds is 8. The van der Waals surface area contributed by atoms with Crippen LogP contribution in [0.3, 0.4) is 0 Å². The van der Waals surface area contributed by atoms with Crippen LogP contribution in [0.1, 0.15) is 31.2 Å². The Morgan fingerprint density at radius 3 is 2.78 bits per heavy atom. The Morgan fingerprint density at radius 2 is 2.11 bits per heavy atom. The van der Waals surface area contributed by atoms with Crippen molar-refractivity contribution < 1.29 is 17.9 Å². The van der Waals surface area contributed by atoms with E-state index in [2.05, 4.69) is 22.4 Å². The molecule has 0 aromatic carbocycles. The van der Waals surface area contributed by atoms with Crippen molar-refractivity contribution >= 4 is 11.3 Å². The van der Waals surface area contributed by atoms with Crippen LogP contribution >= 0.6 is 11.3 Å². The predicted molar refractivity (Wildman–Crippen MR) is 62.7 cm³/mol. The molecule has 0 aliphatic heterocycles. The number of hydrogen-bond donors (Lipinski definition) is 1. The van der Waals surface area contributed by atoms with E-state index >= 15 is 0 Å². The van der Waals surface area contributed by atoms with Gasteiger partial charge in [-0.25, -0.2) is 0 Å². The first-order chi connectivity index (χ1) is 8.51. The van der Waals surface area contributed by atoms with E-state index in [9.17, 15) is 13.2 Å². The molecule has 0 spiro atoms. The fraction of sp³-hybridized carbons (Fsp3) is 0.800. The van der Waals surface area contributed by atoms with Crippen LogP contribution < -0.4 is 10.1 Å². The first-order valence-corrected chi connectivity index (χ1v) is 6.55. The van der Waals surface area contributed by atoms with Gasteiger partial charge in [0.25, 0.3) is 5.19 Å². The minimum atomic E-state index is -4.13. The highest BCUT2D eigenvalue weighted by molar-refractivity contribution is 7.13. The third kappa shape index (κ3) is 6.75. The van der Waals surface area contributed by atoms with Crippen molar-refractivity contribution in [1.29, 1.82) is 0 Å². The van der Waals surface area contributed by atoms with Crippen LogP contribution in [-0.4, -0.2) is 29.5 Å². The molecular formula is C10H16F3N3OS. The van der Waals surface area contributed by atoms with Crippen molar-refractivity contribution in [2.45, 2.75) is 38.9 Å². The summed E-state index contributed by atoms with van der Waals surface area (Å²) in [7, 11) is 0. The molecule has 1 N–H and O–H groups in total. The highest BCUT2D eigenvalue weighted by Gasteiger charge is 2.26. The van der Waals surface area contributed by atoms with E-state index in [1.54, 1.807) is 0 Å². The Hall–Kier alpha value is -0.890. The fourth-order valence-electron chi connectivity index (χ4n) is 1.17. The summed E-state index contributed by atoms with van der Waals surface area (Å²) in [6, 6.07) is 0. The molecule has 0 unspecified atom stereocenters. The van der Waals surface area contributed by atoms with Gasteiger partial charge in [-0.2, -0.15) is 13.2 Å². The van der Waals surface area contributed by atoms with Crippen LogP contribution in [0.25, 0.3) is 0 Å². The van der Waals surface area contributed by atoms with Gasteiger partial charge in [0.15, 0.2) is 0 Å². The van der Waals surface area contributed by atoms with Crippen molar-refractivity contribution in [2.24, 2.45) is 0 Å². The van der Waals surface area contributed by atoms with Crippen LogP contribution in [0.15, 0.2) is 0 Å². The average Bonchev–Trinajstić information content (AvgIpc) is 2.72. The quantitative estimate of drug-likeness (QED) is 0.745. The topological polar surface area (TPSA) is 47.0 Å². The fourth-order valence-corrected chi connectivity index (χ4v) is 1.85. The van der Waals surface area contributed by atoms with E-state index < -0.39 is 12.6 Å². The van der Waals surface area contributed by atoms with Crippen LogP contribution in [-0.2, 0) is 6.54 Å². The Balaban J connectivity index is 2.19. The Kier molecular flexibility index (Phi) is 6.34. The molecule has 4 nitrogen and oxygen atoms in total. The molecule has 0 fully saturated rings. The molecule has 0 aliphatic rings. The van der Waals surface area contributed by atoms with Crippen molar-refractivity contribution in [3.05, 3.63) is 5.01 Å². The van der Waals surface area contributed by atoms with Gasteiger partial charge in [0, 0.05) is 13.0 Å². The third-order valence-corrected chi connectivity index (χ3v) is 2.82. The number of aromatic nitrogens is 2. The zero-order valence-electron chi connectivity index (χ0n) is 10.1. The van der Waals surface area contributed by atoms with Crippen molar-refractivity contribution in [2.75, 3.05) is 13.2 Å². The van der Waals surface area contributed by atoms with Gasteiger partial charge in [0.05, 0.1) is 6.61 Å². The Bertz CT molecular complexity index is 343. The zero-order valence-corrected chi connectivity index (χ0v) is 10.9. The van der Waals surface area contributed by atoms with Crippen molar-refractivity contribution in [1.82, 2.24) is 15.5 Å². The van der Waals surface area contributed by atoms with Crippen LogP contribution in [0.4, 0.5) is 13.2 Å². The van der Waals surface area contributed by atoms with E-state index in [1.807, 2.05) is 0 Å². The lowest BCUT2D eigenvalue weighted by Gasteiger charge is -2.05. The average molecular weight is 283 g/mol. The van der Waals surface area contributed by atoms with Gasteiger partial charge >= 0.3 is 6.18 Å². The maximum atomic E-state index is 11.9. The summed E-state index contributed by atoms with van der Waals surface area (Å²) in [5, 5.41) is 11.9. The molecule has 0 bridgehead atoms. The minimum absolute atomic E-state index is 0.0104. The van der Waals surface area contributed by atoms with Gasteiger partial charge in [-0.15, -0.1) is 10.2 Å². The number of hydrogen-bond acceptors (Lipinski definition) is 5. The largest absolute Gasteiger partial charge is 0.469 e. The Labute approximate surface area is 108 Å². The van der Waals surface area contributed by atoms with E-state index in [1.165, 1.54) is 11.3 Å². The number of alkyl halides is 3. The molecule has 0 radical (unpaired) electrons. The summed E-state index contributed by atoms with van der Waals surface area (Å²) in [6.07, 6.45) is -4.00. The van der Waals surface area contributed by atoms with E-state index in [4.69, 9.17) is 4.74 Å². The predicted octanol–water partition coefficient (Wildman–Crippen LogP) is 2.76. The van der Waals surface area contributed by atoms with Gasteiger partial charge in [0.1, 0.15) is 5.01 Å². The maximum Gasteiger partial charge on any atom is 0.389 e. The third-order valence-electron chi connectivity index (χ3n) is 1.98. The van der Waals surface area contributed by atoms with E-state index in [0.29, 0.717) is 11.7 Å². The van der Waals surface area contributed by atoms with Crippen molar-refractivity contribution in [3.63, 3.8) is 0 Å². The first-order valence-electron chi connectivity index (χ1n) is 5.74. The monoisotopic (exact) mass is 283 g/mol. The molecule has 104 valence electrons. The second-order valence-corrected chi connectivity index (χ2v) is 4.73. The summed E-state index contributed by atoms with van der Waals surface area (Å²) < 4.78 is 40.7. The maximum absolute atomic E-state index is 11.9. The lowest BCUT2D eigenvalue weighted by molar-refractivity contribution is -0.136. The SMILES string of the molecule is CCCNCc1nnc(OCCCC(F)(F)F)s1. The van der Waals surface area contributed by atoms with Gasteiger partial charge in [-0.1, -0.05) is 18.3 Å². The number of ether oxygens (including phenoxy) is 1. The molecular weight excluding hydrogens is 267 g/mol. The highest BCUT2D eigenvalue weighted by atomic mass is 32.1. The molecule has 0 amide bonds. The van der Waals surface area contributed by atoms with Gasteiger partial charge in [-0.05, 0) is 19.4 Å². The number of halogens is 3. The summed E-state index contributed by atoms with van der Waals surface area (Å²) in [5.74, 6) is 0. The van der Waals surface area contributed by atoms with Gasteiger partial charge in [0.2, 0.25) is 0 Å². The lowest BCUT2D eigenvalue weighted by atomic mass is 10.3. The summed E-state index contributed by atoms with van der Waals surface area (Å²) in [6.45, 7) is 3.57. The Morgan fingerprint density at radius 1 is 1.33 bits per heavy atom. The second kappa shape index (κ2) is 7.52. The zero-order chi connectivity index (χ0) is 13.4. The summed E-state index contributed by atoms with van der Waals surface area (Å²) >= 11 is 1.25. The lowest BCUT2D eigenvalue weighted by Crippen LogP contribution is -2.13. The number of nitrogens with one attached hydrogen (secondary N) is 1. The van der Waals surface area contributed by atoms with Gasteiger partial charge < -0.3 is 10.1 Å². The second-order valence-electron chi connectivity index (χ2n) is 3.71. The highest BCUT2D eigenvalue weighted by Crippen LogP contribution is 2.22. The number of nitrogens with zero attached hydrogens (tertiary/aromatic N) is 2. The molecule has 0 saturated carbocycles. The molecule has 0 saturated heterocycles.